The number of nitrogens with one attached hydrogen (secondary N) is 1. The first kappa shape index (κ1) is 17.0. The summed E-state index contributed by atoms with van der Waals surface area (Å²) < 4.78 is 5.87. The summed E-state index contributed by atoms with van der Waals surface area (Å²) in [7, 11) is 0. The molecule has 0 fully saturated rings. The number of rotatable bonds is 5. The van der Waals surface area contributed by atoms with Crippen molar-refractivity contribution in [2.75, 3.05) is 6.54 Å². The molecule has 0 spiro atoms. The van der Waals surface area contributed by atoms with Gasteiger partial charge < -0.3 is 9.72 Å². The first-order valence-corrected chi connectivity index (χ1v) is 9.76. The molecule has 28 heavy (non-hydrogen) atoms. The number of fused-ring (bicyclic) bond motifs is 3. The smallest absolute Gasteiger partial charge is 0.119 e. The highest BCUT2D eigenvalue weighted by molar-refractivity contribution is 5.84. The molecule has 0 unspecified atom stereocenters. The molecule has 0 bridgehead atoms. The van der Waals surface area contributed by atoms with E-state index in [1.54, 1.807) is 12.4 Å². The number of H-pyrrole nitrogens is 1. The topological polar surface area (TPSA) is 41.2 Å². The fourth-order valence-corrected chi connectivity index (χ4v) is 3.98. The number of hydrogen-bond donors (Lipinski definition) is 1. The molecule has 0 aliphatic carbocycles. The van der Waals surface area contributed by atoms with Crippen LogP contribution in [0.2, 0.25) is 0 Å². The molecule has 4 aromatic rings. The lowest BCUT2D eigenvalue weighted by Crippen LogP contribution is -2.29. The van der Waals surface area contributed by atoms with Gasteiger partial charge in [-0.1, -0.05) is 30.3 Å². The third kappa shape index (κ3) is 3.51. The van der Waals surface area contributed by atoms with Gasteiger partial charge in [0.05, 0.1) is 0 Å². The third-order valence-corrected chi connectivity index (χ3v) is 5.45. The summed E-state index contributed by atoms with van der Waals surface area (Å²) in [4.78, 5) is 10.1. The molecule has 0 amide bonds. The minimum atomic E-state index is 0.567. The summed E-state index contributed by atoms with van der Waals surface area (Å²) in [5.41, 5.74) is 6.55. The summed E-state index contributed by atoms with van der Waals surface area (Å²) in [6, 6.07) is 21.0. The van der Waals surface area contributed by atoms with Crippen molar-refractivity contribution in [1.29, 1.82) is 0 Å². The predicted molar refractivity (Wildman–Crippen MR) is 111 cm³/mol. The molecule has 4 heteroatoms. The Morgan fingerprint density at radius 3 is 2.61 bits per heavy atom. The number of pyridine rings is 1. The summed E-state index contributed by atoms with van der Waals surface area (Å²) in [6.07, 6.45) is 4.68. The summed E-state index contributed by atoms with van der Waals surface area (Å²) in [5.74, 6) is 0.900. The molecular weight excluding hydrogens is 346 g/mol. The van der Waals surface area contributed by atoms with Gasteiger partial charge in [0.1, 0.15) is 12.4 Å². The van der Waals surface area contributed by atoms with Crippen molar-refractivity contribution in [3.63, 3.8) is 0 Å². The van der Waals surface area contributed by atoms with E-state index in [0.29, 0.717) is 6.61 Å². The zero-order valence-electron chi connectivity index (χ0n) is 15.8. The first-order valence-electron chi connectivity index (χ1n) is 9.76. The van der Waals surface area contributed by atoms with E-state index < -0.39 is 0 Å². The lowest BCUT2D eigenvalue weighted by Gasteiger charge is -2.27. The van der Waals surface area contributed by atoms with Crippen molar-refractivity contribution < 1.29 is 4.74 Å². The van der Waals surface area contributed by atoms with Crippen molar-refractivity contribution in [3.8, 4) is 5.75 Å². The molecule has 1 aliphatic rings. The molecule has 0 radical (unpaired) electrons. The average molecular weight is 369 g/mol. The van der Waals surface area contributed by atoms with Gasteiger partial charge in [0.25, 0.3) is 0 Å². The summed E-state index contributed by atoms with van der Waals surface area (Å²) in [6.45, 7) is 3.59. The highest BCUT2D eigenvalue weighted by Gasteiger charge is 2.20. The normalized spacial score (nSPS) is 14.1. The average Bonchev–Trinajstić information content (AvgIpc) is 3.12. The number of para-hydroxylation sites is 1. The molecule has 0 atom stereocenters. The van der Waals surface area contributed by atoms with E-state index in [1.165, 1.54) is 27.7 Å². The van der Waals surface area contributed by atoms with Crippen molar-refractivity contribution >= 4 is 10.9 Å². The molecule has 140 valence electrons. The van der Waals surface area contributed by atoms with Crippen LogP contribution in [0, 0.1) is 0 Å². The summed E-state index contributed by atoms with van der Waals surface area (Å²) in [5, 5.41) is 1.38. The van der Waals surface area contributed by atoms with E-state index in [4.69, 9.17) is 4.74 Å². The van der Waals surface area contributed by atoms with E-state index in [2.05, 4.69) is 63.4 Å². The molecule has 0 saturated heterocycles. The van der Waals surface area contributed by atoms with Crippen LogP contribution >= 0.6 is 0 Å². The fraction of sp³-hybridized carbons (Fsp3) is 0.208. The Morgan fingerprint density at radius 2 is 1.75 bits per heavy atom. The van der Waals surface area contributed by atoms with Gasteiger partial charge in [0, 0.05) is 48.6 Å². The van der Waals surface area contributed by atoms with E-state index in [1.807, 2.05) is 12.1 Å². The maximum Gasteiger partial charge on any atom is 0.119 e. The number of nitrogens with zero attached hydrogens (tertiary/aromatic N) is 2. The van der Waals surface area contributed by atoms with Crippen molar-refractivity contribution in [3.05, 3.63) is 95.4 Å². The van der Waals surface area contributed by atoms with E-state index >= 15 is 0 Å². The monoisotopic (exact) mass is 369 g/mol. The minimum absolute atomic E-state index is 0.567. The van der Waals surface area contributed by atoms with Crippen LogP contribution in [-0.4, -0.2) is 21.4 Å². The maximum absolute atomic E-state index is 5.87. The van der Waals surface area contributed by atoms with Crippen LogP contribution in [0.25, 0.3) is 10.9 Å². The van der Waals surface area contributed by atoms with Gasteiger partial charge in [-0.25, -0.2) is 0 Å². The second-order valence-corrected chi connectivity index (χ2v) is 7.38. The van der Waals surface area contributed by atoms with Gasteiger partial charge in [0.2, 0.25) is 0 Å². The Bertz CT molecular complexity index is 1070. The number of ether oxygens (including phenoxy) is 1. The van der Waals surface area contributed by atoms with Crippen LogP contribution in [0.1, 0.15) is 22.4 Å². The van der Waals surface area contributed by atoms with Gasteiger partial charge in [-0.2, -0.15) is 0 Å². The molecule has 2 aromatic heterocycles. The largest absolute Gasteiger partial charge is 0.489 e. The Hall–Kier alpha value is -3.11. The molecule has 1 N–H and O–H groups in total. The molecule has 5 rings (SSSR count). The molecule has 1 aliphatic heterocycles. The standard InChI is InChI=1S/C24H23N3O/c1-2-4-23-21(3-1)22-11-14-27(16-24(22)26-23)15-18-5-7-20(8-6-18)28-17-19-9-12-25-13-10-19/h1-10,12-13,26H,11,14-17H2. The van der Waals surface area contributed by atoms with Crippen molar-refractivity contribution in [2.24, 2.45) is 0 Å². The Morgan fingerprint density at radius 1 is 0.929 bits per heavy atom. The number of hydrogen-bond acceptors (Lipinski definition) is 3. The highest BCUT2D eigenvalue weighted by atomic mass is 16.5. The number of aromatic amines is 1. The molecule has 3 heterocycles. The minimum Gasteiger partial charge on any atom is -0.489 e. The number of aromatic nitrogens is 2. The lowest BCUT2D eigenvalue weighted by atomic mass is 10.0. The molecule has 2 aromatic carbocycles. The summed E-state index contributed by atoms with van der Waals surface area (Å²) >= 11 is 0. The van der Waals surface area contributed by atoms with Gasteiger partial charge in [-0.15, -0.1) is 0 Å². The SMILES string of the molecule is c1ccc2c3c([nH]c2c1)CN(Cc1ccc(OCc2ccncc2)cc1)CC3. The maximum atomic E-state index is 5.87. The quantitative estimate of drug-likeness (QED) is 0.554. The zero-order chi connectivity index (χ0) is 18.8. The van der Waals surface area contributed by atoms with Crippen LogP contribution in [0.3, 0.4) is 0 Å². The van der Waals surface area contributed by atoms with Crippen LogP contribution in [0.4, 0.5) is 0 Å². The molecular formula is C24H23N3O. The number of benzene rings is 2. The van der Waals surface area contributed by atoms with Crippen LogP contribution in [0.5, 0.6) is 5.75 Å². The van der Waals surface area contributed by atoms with Gasteiger partial charge >= 0.3 is 0 Å². The van der Waals surface area contributed by atoms with Gasteiger partial charge in [-0.3, -0.25) is 9.88 Å². The highest BCUT2D eigenvalue weighted by Crippen LogP contribution is 2.28. The second kappa shape index (κ2) is 7.49. The van der Waals surface area contributed by atoms with Gasteiger partial charge in [0.15, 0.2) is 0 Å². The van der Waals surface area contributed by atoms with Crippen LogP contribution in [-0.2, 0) is 26.1 Å². The predicted octanol–water partition coefficient (Wildman–Crippen LogP) is 4.70. The van der Waals surface area contributed by atoms with Crippen LogP contribution in [0.15, 0.2) is 73.1 Å². The zero-order valence-corrected chi connectivity index (χ0v) is 15.8. The Labute approximate surface area is 164 Å². The van der Waals surface area contributed by atoms with Crippen molar-refractivity contribution in [2.45, 2.75) is 26.1 Å². The third-order valence-electron chi connectivity index (χ3n) is 5.45. The van der Waals surface area contributed by atoms with E-state index in [9.17, 15) is 0 Å². The van der Waals surface area contributed by atoms with E-state index in [0.717, 1.165) is 37.4 Å². The Balaban J connectivity index is 1.22. The fourth-order valence-electron chi connectivity index (χ4n) is 3.98. The van der Waals surface area contributed by atoms with Crippen LogP contribution < -0.4 is 4.74 Å². The lowest BCUT2D eigenvalue weighted by molar-refractivity contribution is 0.243. The first-order chi connectivity index (χ1) is 13.8. The Kier molecular flexibility index (Phi) is 4.55. The molecule has 4 nitrogen and oxygen atoms in total. The van der Waals surface area contributed by atoms with Gasteiger partial charge in [-0.05, 0) is 53.4 Å². The van der Waals surface area contributed by atoms with E-state index in [-0.39, 0.29) is 0 Å². The van der Waals surface area contributed by atoms with Crippen molar-refractivity contribution in [1.82, 2.24) is 14.9 Å². The molecule has 0 saturated carbocycles. The second-order valence-electron chi connectivity index (χ2n) is 7.38.